The Bertz CT molecular complexity index is 1530. The van der Waals surface area contributed by atoms with Crippen LogP contribution in [0.3, 0.4) is 0 Å². The number of aryl methyl sites for hydroxylation is 1. The molecule has 36 heavy (non-hydrogen) atoms. The minimum atomic E-state index is -1.50. The van der Waals surface area contributed by atoms with Gasteiger partial charge in [-0.05, 0) is 29.8 Å². The van der Waals surface area contributed by atoms with Crippen LogP contribution in [0, 0.1) is 11.6 Å². The minimum Gasteiger partial charge on any atom is -0.496 e. The number of nitrogens with zero attached hydrogens (tertiary/aromatic N) is 2. The number of carbonyl (C=O) groups excluding carboxylic acids is 1. The van der Waals surface area contributed by atoms with Crippen molar-refractivity contribution in [2.24, 2.45) is 7.05 Å². The molecule has 184 valence electrons. The van der Waals surface area contributed by atoms with E-state index in [0.29, 0.717) is 27.8 Å². The van der Waals surface area contributed by atoms with E-state index in [1.807, 2.05) is 0 Å². The summed E-state index contributed by atoms with van der Waals surface area (Å²) in [5, 5.41) is 12.5. The van der Waals surface area contributed by atoms with Crippen molar-refractivity contribution in [3.63, 3.8) is 0 Å². The number of benzene rings is 2. The number of pyridine rings is 2. The van der Waals surface area contributed by atoms with E-state index in [9.17, 15) is 28.3 Å². The number of aromatic nitrogens is 2. The summed E-state index contributed by atoms with van der Waals surface area (Å²) in [7, 11) is 3.05. The minimum absolute atomic E-state index is 0.205. The Hall–Kier alpha value is -4.60. The van der Waals surface area contributed by atoms with E-state index in [-0.39, 0.29) is 17.5 Å². The van der Waals surface area contributed by atoms with Crippen molar-refractivity contribution in [3.05, 3.63) is 94.0 Å². The second kappa shape index (κ2) is 9.95. The SMILES string of the molecule is COc1ccn(C)c(=O)c1-c1ccc(C[C@H](NC(=O)c2c(F)cccc2F)C(=O)O)c2cccnc12. The molecule has 2 aromatic heterocycles. The number of aliphatic carboxylic acids is 1. The van der Waals surface area contributed by atoms with E-state index < -0.39 is 35.1 Å². The predicted molar refractivity (Wildman–Crippen MR) is 128 cm³/mol. The molecule has 0 unspecified atom stereocenters. The van der Waals surface area contributed by atoms with Crippen molar-refractivity contribution in [3.8, 4) is 16.9 Å². The van der Waals surface area contributed by atoms with Crippen molar-refractivity contribution in [1.82, 2.24) is 14.9 Å². The molecule has 1 atom stereocenters. The van der Waals surface area contributed by atoms with Gasteiger partial charge in [0, 0.05) is 36.8 Å². The Kier molecular flexibility index (Phi) is 6.77. The predicted octanol–water partition coefficient (Wildman–Crippen LogP) is 3.31. The maximum atomic E-state index is 14.0. The summed E-state index contributed by atoms with van der Waals surface area (Å²) >= 11 is 0. The van der Waals surface area contributed by atoms with Gasteiger partial charge in [-0.3, -0.25) is 14.6 Å². The number of hydrogen-bond acceptors (Lipinski definition) is 5. The smallest absolute Gasteiger partial charge is 0.326 e. The quantitative estimate of drug-likeness (QED) is 0.409. The fourth-order valence-electron chi connectivity index (χ4n) is 4.01. The van der Waals surface area contributed by atoms with Gasteiger partial charge in [-0.2, -0.15) is 0 Å². The first-order valence-corrected chi connectivity index (χ1v) is 10.8. The third kappa shape index (κ3) is 4.52. The number of fused-ring (bicyclic) bond motifs is 1. The molecule has 8 nitrogen and oxygen atoms in total. The van der Waals surface area contributed by atoms with Crippen LogP contribution in [0.25, 0.3) is 22.0 Å². The van der Waals surface area contributed by atoms with Crippen molar-refractivity contribution in [2.45, 2.75) is 12.5 Å². The fraction of sp³-hybridized carbons (Fsp3) is 0.154. The number of hydrogen-bond donors (Lipinski definition) is 2. The van der Waals surface area contributed by atoms with E-state index in [1.165, 1.54) is 17.9 Å². The maximum Gasteiger partial charge on any atom is 0.326 e. The lowest BCUT2D eigenvalue weighted by atomic mass is 9.95. The third-order valence-electron chi connectivity index (χ3n) is 5.80. The second-order valence-corrected chi connectivity index (χ2v) is 8.01. The lowest BCUT2D eigenvalue weighted by molar-refractivity contribution is -0.139. The number of ether oxygens (including phenoxy) is 1. The lowest BCUT2D eigenvalue weighted by Gasteiger charge is -2.18. The van der Waals surface area contributed by atoms with Crippen LogP contribution in [0.5, 0.6) is 5.75 Å². The first kappa shape index (κ1) is 24.5. The average Bonchev–Trinajstić information content (AvgIpc) is 2.85. The van der Waals surface area contributed by atoms with Crippen LogP contribution in [0.4, 0.5) is 8.78 Å². The first-order chi connectivity index (χ1) is 17.2. The van der Waals surface area contributed by atoms with Crippen LogP contribution in [0.1, 0.15) is 15.9 Å². The summed E-state index contributed by atoms with van der Waals surface area (Å²) in [4.78, 5) is 41.8. The van der Waals surface area contributed by atoms with Gasteiger partial charge in [-0.15, -0.1) is 0 Å². The number of amides is 1. The first-order valence-electron chi connectivity index (χ1n) is 10.8. The standard InChI is InChI=1S/C26H21F2N3O5/c1-31-12-10-20(36-2)21(25(31)33)16-9-8-14(15-5-4-11-29-23(15)16)13-19(26(34)35)30-24(32)22-17(27)6-3-7-18(22)28/h3-12,19H,13H2,1-2H3,(H,30,32)(H,34,35)/t19-/m0/s1. The number of carbonyl (C=O) groups is 2. The van der Waals surface area contributed by atoms with Crippen LogP contribution in [-0.2, 0) is 18.3 Å². The van der Waals surface area contributed by atoms with Gasteiger partial charge in [0.15, 0.2) is 0 Å². The molecule has 0 radical (unpaired) electrons. The average molecular weight is 493 g/mol. The van der Waals surface area contributed by atoms with E-state index in [0.717, 1.165) is 18.2 Å². The summed E-state index contributed by atoms with van der Waals surface area (Å²) in [6.45, 7) is 0. The molecule has 0 fully saturated rings. The number of rotatable bonds is 7. The van der Waals surface area contributed by atoms with Crippen molar-refractivity contribution >= 4 is 22.8 Å². The Morgan fingerprint density at radius 3 is 2.50 bits per heavy atom. The number of carboxylic acid groups (broad SMARTS) is 1. The van der Waals surface area contributed by atoms with Gasteiger partial charge in [0.25, 0.3) is 11.5 Å². The molecule has 2 aromatic carbocycles. The number of nitrogens with one attached hydrogen (secondary N) is 1. The van der Waals surface area contributed by atoms with E-state index >= 15 is 0 Å². The molecule has 2 N–H and O–H groups in total. The topological polar surface area (TPSA) is 111 Å². The highest BCUT2D eigenvalue weighted by atomic mass is 19.1. The lowest BCUT2D eigenvalue weighted by Crippen LogP contribution is -2.43. The van der Waals surface area contributed by atoms with Crippen LogP contribution in [-0.4, -0.2) is 39.7 Å². The zero-order valence-electron chi connectivity index (χ0n) is 19.3. The van der Waals surface area contributed by atoms with Gasteiger partial charge in [-0.1, -0.05) is 24.3 Å². The van der Waals surface area contributed by atoms with Gasteiger partial charge < -0.3 is 19.7 Å². The van der Waals surface area contributed by atoms with Gasteiger partial charge >= 0.3 is 5.97 Å². The molecule has 4 rings (SSSR count). The third-order valence-corrected chi connectivity index (χ3v) is 5.80. The van der Waals surface area contributed by atoms with Gasteiger partial charge in [0.2, 0.25) is 0 Å². The van der Waals surface area contributed by atoms with Gasteiger partial charge in [0.05, 0.1) is 18.2 Å². The fourth-order valence-corrected chi connectivity index (χ4v) is 4.01. The van der Waals surface area contributed by atoms with Crippen molar-refractivity contribution in [1.29, 1.82) is 0 Å². The van der Waals surface area contributed by atoms with Gasteiger partial charge in [0.1, 0.15) is 29.0 Å². The number of carboxylic acids is 1. The highest BCUT2D eigenvalue weighted by Gasteiger charge is 2.26. The van der Waals surface area contributed by atoms with Crippen LogP contribution >= 0.6 is 0 Å². The monoisotopic (exact) mass is 493 g/mol. The Morgan fingerprint density at radius 1 is 1.11 bits per heavy atom. The second-order valence-electron chi connectivity index (χ2n) is 8.01. The van der Waals surface area contributed by atoms with Crippen molar-refractivity contribution in [2.75, 3.05) is 7.11 Å². The van der Waals surface area contributed by atoms with Crippen LogP contribution in [0.2, 0.25) is 0 Å². The molecule has 4 aromatic rings. The Morgan fingerprint density at radius 2 is 1.83 bits per heavy atom. The molecular formula is C26H21F2N3O5. The molecule has 0 bridgehead atoms. The van der Waals surface area contributed by atoms with E-state index in [2.05, 4.69) is 10.3 Å². The zero-order valence-corrected chi connectivity index (χ0v) is 19.3. The molecule has 1 amide bonds. The Labute approximate surface area is 203 Å². The molecule has 10 heteroatoms. The molecule has 2 heterocycles. The maximum absolute atomic E-state index is 14.0. The molecule has 0 aliphatic heterocycles. The molecule has 0 saturated carbocycles. The largest absolute Gasteiger partial charge is 0.496 e. The summed E-state index contributed by atoms with van der Waals surface area (Å²) in [5.41, 5.74) is 0.518. The number of methoxy groups -OCH3 is 1. The van der Waals surface area contributed by atoms with Crippen LogP contribution in [0.15, 0.2) is 65.7 Å². The highest BCUT2D eigenvalue weighted by Crippen LogP contribution is 2.33. The molecule has 0 aliphatic rings. The van der Waals surface area contributed by atoms with Gasteiger partial charge in [-0.25, -0.2) is 13.6 Å². The van der Waals surface area contributed by atoms with Crippen molar-refractivity contribution < 1.29 is 28.2 Å². The summed E-state index contributed by atoms with van der Waals surface area (Å²) < 4.78 is 34.8. The molecular weight excluding hydrogens is 472 g/mol. The van der Waals surface area contributed by atoms with Crippen LogP contribution < -0.4 is 15.6 Å². The summed E-state index contributed by atoms with van der Waals surface area (Å²) in [6, 6.07) is 9.69. The highest BCUT2D eigenvalue weighted by molar-refractivity contribution is 5.99. The Balaban J connectivity index is 1.76. The van der Waals surface area contributed by atoms with E-state index in [1.54, 1.807) is 43.6 Å². The molecule has 0 aliphatic carbocycles. The number of halogens is 2. The summed E-state index contributed by atoms with van der Waals surface area (Å²) in [5.74, 6) is -4.43. The van der Waals surface area contributed by atoms with E-state index in [4.69, 9.17) is 4.74 Å². The summed E-state index contributed by atoms with van der Waals surface area (Å²) in [6.07, 6.45) is 2.91. The molecule has 0 spiro atoms. The zero-order chi connectivity index (χ0) is 26.0. The normalized spacial score (nSPS) is 11.8. The molecule has 0 saturated heterocycles.